The SMILES string of the molecule is CC(C(=O)N=[N+]=[N-])c1ccc(F)cc1. The average molecular weight is 193 g/mol. The number of carbonyl (C=O) groups excluding carboxylic acids is 1. The Morgan fingerprint density at radius 1 is 1.50 bits per heavy atom. The Kier molecular flexibility index (Phi) is 3.20. The summed E-state index contributed by atoms with van der Waals surface area (Å²) in [5.41, 5.74) is 8.68. The first-order chi connectivity index (χ1) is 6.65. The third-order valence-electron chi connectivity index (χ3n) is 1.88. The number of nitrogens with zero attached hydrogens (tertiary/aromatic N) is 3. The molecule has 0 saturated carbocycles. The van der Waals surface area contributed by atoms with E-state index in [2.05, 4.69) is 10.0 Å². The molecule has 0 N–H and O–H groups in total. The highest BCUT2D eigenvalue weighted by molar-refractivity contribution is 5.83. The van der Waals surface area contributed by atoms with Crippen molar-refractivity contribution in [2.24, 2.45) is 5.11 Å². The van der Waals surface area contributed by atoms with Crippen LogP contribution in [-0.4, -0.2) is 5.91 Å². The number of halogens is 1. The van der Waals surface area contributed by atoms with Crippen molar-refractivity contribution < 1.29 is 9.18 Å². The standard InChI is InChI=1S/C9H8FN3O/c1-6(9(14)12-13-11)7-2-4-8(10)5-3-7/h2-6H,1H3. The lowest BCUT2D eigenvalue weighted by molar-refractivity contribution is -0.119. The monoisotopic (exact) mass is 193 g/mol. The Balaban J connectivity index is 2.89. The van der Waals surface area contributed by atoms with Crippen LogP contribution >= 0.6 is 0 Å². The third-order valence-corrected chi connectivity index (χ3v) is 1.88. The molecule has 1 aromatic carbocycles. The van der Waals surface area contributed by atoms with Gasteiger partial charge in [-0.15, -0.1) is 0 Å². The molecule has 1 amide bonds. The van der Waals surface area contributed by atoms with Crippen molar-refractivity contribution in [1.29, 1.82) is 0 Å². The molecule has 0 aliphatic carbocycles. The molecule has 0 aromatic heterocycles. The van der Waals surface area contributed by atoms with Crippen LogP contribution in [0.3, 0.4) is 0 Å². The summed E-state index contributed by atoms with van der Waals surface area (Å²) in [5.74, 6) is -1.47. The largest absolute Gasteiger partial charge is 0.292 e. The van der Waals surface area contributed by atoms with Crippen LogP contribution in [0.5, 0.6) is 0 Å². The van der Waals surface area contributed by atoms with Gasteiger partial charge in [0.25, 0.3) is 0 Å². The minimum absolute atomic E-state index is 0.364. The van der Waals surface area contributed by atoms with E-state index < -0.39 is 11.8 Å². The highest BCUT2D eigenvalue weighted by Crippen LogP contribution is 2.16. The Morgan fingerprint density at radius 3 is 2.57 bits per heavy atom. The van der Waals surface area contributed by atoms with Crippen LogP contribution in [0.4, 0.5) is 4.39 Å². The van der Waals surface area contributed by atoms with E-state index in [4.69, 9.17) is 5.53 Å². The highest BCUT2D eigenvalue weighted by atomic mass is 19.1. The van der Waals surface area contributed by atoms with Crippen molar-refractivity contribution >= 4 is 5.91 Å². The summed E-state index contributed by atoms with van der Waals surface area (Å²) in [6.45, 7) is 1.60. The van der Waals surface area contributed by atoms with E-state index in [1.807, 2.05) is 0 Å². The fraction of sp³-hybridized carbons (Fsp3) is 0.222. The predicted molar refractivity (Wildman–Crippen MR) is 49.0 cm³/mol. The maximum absolute atomic E-state index is 12.5. The maximum Gasteiger partial charge on any atom is 0.226 e. The molecule has 72 valence electrons. The van der Waals surface area contributed by atoms with Gasteiger partial charge in [0.05, 0.1) is 0 Å². The maximum atomic E-state index is 12.5. The molecular formula is C9H8FN3O. The van der Waals surface area contributed by atoms with Crippen molar-refractivity contribution in [3.8, 4) is 0 Å². The molecule has 1 unspecified atom stereocenters. The number of hydrogen-bond donors (Lipinski definition) is 0. The Morgan fingerprint density at radius 2 is 2.07 bits per heavy atom. The van der Waals surface area contributed by atoms with Crippen molar-refractivity contribution in [2.75, 3.05) is 0 Å². The zero-order valence-corrected chi connectivity index (χ0v) is 7.51. The van der Waals surface area contributed by atoms with Gasteiger partial charge in [-0.1, -0.05) is 19.1 Å². The minimum Gasteiger partial charge on any atom is -0.292 e. The smallest absolute Gasteiger partial charge is 0.226 e. The molecule has 0 aliphatic rings. The third kappa shape index (κ3) is 2.31. The molecule has 0 radical (unpaired) electrons. The molecular weight excluding hydrogens is 185 g/mol. The van der Waals surface area contributed by atoms with Crippen LogP contribution in [0.25, 0.3) is 10.4 Å². The quantitative estimate of drug-likeness (QED) is 0.404. The molecule has 14 heavy (non-hydrogen) atoms. The molecule has 0 spiro atoms. The second-order valence-electron chi connectivity index (χ2n) is 2.80. The van der Waals surface area contributed by atoms with Gasteiger partial charge >= 0.3 is 0 Å². The van der Waals surface area contributed by atoms with Crippen LogP contribution in [0.2, 0.25) is 0 Å². The molecule has 0 bridgehead atoms. The summed E-state index contributed by atoms with van der Waals surface area (Å²) >= 11 is 0. The van der Waals surface area contributed by atoms with Crippen LogP contribution in [0.1, 0.15) is 18.4 Å². The summed E-state index contributed by atoms with van der Waals surface area (Å²) in [4.78, 5) is 13.5. The predicted octanol–water partition coefficient (Wildman–Crippen LogP) is 2.77. The van der Waals surface area contributed by atoms with Crippen LogP contribution in [0, 0.1) is 5.82 Å². The average Bonchev–Trinajstić information content (AvgIpc) is 2.18. The van der Waals surface area contributed by atoms with Gasteiger partial charge in [-0.3, -0.25) is 4.79 Å². The lowest BCUT2D eigenvalue weighted by atomic mass is 10.0. The Hall–Kier alpha value is -1.87. The number of azide groups is 1. The van der Waals surface area contributed by atoms with Crippen molar-refractivity contribution in [1.82, 2.24) is 0 Å². The molecule has 5 heteroatoms. The highest BCUT2D eigenvalue weighted by Gasteiger charge is 2.12. The zero-order chi connectivity index (χ0) is 10.6. The van der Waals surface area contributed by atoms with Gasteiger partial charge in [0, 0.05) is 10.8 Å². The van der Waals surface area contributed by atoms with Crippen molar-refractivity contribution in [3.63, 3.8) is 0 Å². The summed E-state index contributed by atoms with van der Waals surface area (Å²) in [6, 6.07) is 5.50. The van der Waals surface area contributed by atoms with Crippen LogP contribution in [-0.2, 0) is 4.79 Å². The van der Waals surface area contributed by atoms with Crippen molar-refractivity contribution in [2.45, 2.75) is 12.8 Å². The van der Waals surface area contributed by atoms with Crippen LogP contribution < -0.4 is 0 Å². The van der Waals surface area contributed by atoms with Gasteiger partial charge in [0.2, 0.25) is 5.91 Å². The van der Waals surface area contributed by atoms with Crippen molar-refractivity contribution in [3.05, 3.63) is 46.1 Å². The summed E-state index contributed by atoms with van der Waals surface area (Å²) in [5, 5.41) is 2.97. The summed E-state index contributed by atoms with van der Waals surface area (Å²) in [6.07, 6.45) is 0. The molecule has 1 rings (SSSR count). The molecule has 1 atom stereocenters. The number of rotatable bonds is 2. The number of amides is 1. The number of hydrogen-bond acceptors (Lipinski definition) is 1. The summed E-state index contributed by atoms with van der Waals surface area (Å²) < 4.78 is 12.5. The molecule has 0 fully saturated rings. The molecule has 4 nitrogen and oxygen atoms in total. The minimum atomic E-state index is -0.570. The lowest BCUT2D eigenvalue weighted by Crippen LogP contribution is -2.04. The van der Waals surface area contributed by atoms with Gasteiger partial charge < -0.3 is 0 Å². The first-order valence-electron chi connectivity index (χ1n) is 3.99. The fourth-order valence-electron chi connectivity index (χ4n) is 1.02. The molecule has 0 saturated heterocycles. The fourth-order valence-corrected chi connectivity index (χ4v) is 1.02. The van der Waals surface area contributed by atoms with E-state index >= 15 is 0 Å². The number of benzene rings is 1. The van der Waals surface area contributed by atoms with Gasteiger partial charge in [0.15, 0.2) is 0 Å². The van der Waals surface area contributed by atoms with E-state index in [0.29, 0.717) is 5.56 Å². The van der Waals surface area contributed by atoms with E-state index in [-0.39, 0.29) is 5.82 Å². The van der Waals surface area contributed by atoms with E-state index in [9.17, 15) is 9.18 Å². The Bertz CT molecular complexity index is 382. The second kappa shape index (κ2) is 4.39. The van der Waals surface area contributed by atoms with Gasteiger partial charge in [-0.05, 0) is 28.3 Å². The lowest BCUT2D eigenvalue weighted by Gasteiger charge is -2.06. The molecule has 0 aliphatic heterocycles. The normalized spacial score (nSPS) is 11.6. The number of carbonyl (C=O) groups is 1. The Labute approximate surface area is 80.0 Å². The molecule has 1 aromatic rings. The summed E-state index contributed by atoms with van der Waals surface area (Å²) in [7, 11) is 0. The van der Waals surface area contributed by atoms with E-state index in [1.54, 1.807) is 6.92 Å². The second-order valence-corrected chi connectivity index (χ2v) is 2.80. The van der Waals surface area contributed by atoms with Crippen LogP contribution in [0.15, 0.2) is 29.4 Å². The molecule has 0 heterocycles. The zero-order valence-electron chi connectivity index (χ0n) is 7.51. The van der Waals surface area contributed by atoms with Gasteiger partial charge in [-0.25, -0.2) is 4.39 Å². The van der Waals surface area contributed by atoms with E-state index in [0.717, 1.165) is 0 Å². The first-order valence-corrected chi connectivity index (χ1v) is 3.99. The first kappa shape index (κ1) is 10.2. The van der Waals surface area contributed by atoms with E-state index in [1.165, 1.54) is 24.3 Å². The van der Waals surface area contributed by atoms with Gasteiger partial charge in [-0.2, -0.15) is 0 Å². The topological polar surface area (TPSA) is 65.8 Å². The van der Waals surface area contributed by atoms with Gasteiger partial charge in [0.1, 0.15) is 5.82 Å².